The highest BCUT2D eigenvalue weighted by molar-refractivity contribution is 5.88. The van der Waals surface area contributed by atoms with Crippen LogP contribution in [0.5, 0.6) is 0 Å². The maximum Gasteiger partial charge on any atom is 0.335 e. The van der Waals surface area contributed by atoms with E-state index in [-0.39, 0.29) is 5.56 Å². The van der Waals surface area contributed by atoms with Gasteiger partial charge < -0.3 is 9.67 Å². The van der Waals surface area contributed by atoms with Crippen molar-refractivity contribution in [1.82, 2.24) is 4.57 Å². The van der Waals surface area contributed by atoms with Crippen LogP contribution in [0.3, 0.4) is 0 Å². The van der Waals surface area contributed by atoms with Gasteiger partial charge in [-0.1, -0.05) is 12.1 Å². The van der Waals surface area contributed by atoms with E-state index in [9.17, 15) is 4.79 Å². The minimum absolute atomic E-state index is 0.262. The molecule has 0 aliphatic carbocycles. The Hall–Kier alpha value is -3.14. The van der Waals surface area contributed by atoms with E-state index in [2.05, 4.69) is 24.9 Å². The molecular weight excluding hydrogens is 300 g/mol. The first-order chi connectivity index (χ1) is 11.5. The van der Waals surface area contributed by atoms with Crippen molar-refractivity contribution in [2.24, 2.45) is 4.99 Å². The number of carboxylic acid groups (broad SMARTS) is 1. The molecule has 0 aliphatic rings. The maximum absolute atomic E-state index is 11.1. The summed E-state index contributed by atoms with van der Waals surface area (Å²) < 4.78 is 1.91. The van der Waals surface area contributed by atoms with E-state index in [1.807, 2.05) is 41.1 Å². The van der Waals surface area contributed by atoms with E-state index in [1.54, 1.807) is 24.4 Å². The maximum atomic E-state index is 11.1. The second kappa shape index (κ2) is 6.54. The smallest absolute Gasteiger partial charge is 0.335 e. The van der Waals surface area contributed by atoms with Crippen molar-refractivity contribution < 1.29 is 9.90 Å². The van der Waals surface area contributed by atoms with Gasteiger partial charge in [0, 0.05) is 11.9 Å². The van der Waals surface area contributed by atoms with Crippen LogP contribution in [0, 0.1) is 13.8 Å². The van der Waals surface area contributed by atoms with Crippen molar-refractivity contribution in [3.63, 3.8) is 0 Å². The zero-order chi connectivity index (χ0) is 17.1. The molecule has 0 amide bonds. The summed E-state index contributed by atoms with van der Waals surface area (Å²) in [6.07, 6.45) is 3.68. The Balaban J connectivity index is 1.93. The van der Waals surface area contributed by atoms with Gasteiger partial charge in [0.15, 0.2) is 0 Å². The molecule has 1 aromatic heterocycles. The number of aryl methyl sites for hydroxylation is 2. The summed E-state index contributed by atoms with van der Waals surface area (Å²) in [5, 5.41) is 9.14. The van der Waals surface area contributed by atoms with Crippen molar-refractivity contribution in [3.05, 3.63) is 83.2 Å². The van der Waals surface area contributed by atoms with Crippen molar-refractivity contribution in [3.8, 4) is 5.69 Å². The number of carbonyl (C=O) groups is 1. The van der Waals surface area contributed by atoms with Crippen LogP contribution in [0.4, 0.5) is 5.69 Å². The van der Waals surface area contributed by atoms with Gasteiger partial charge in [0.05, 0.1) is 23.2 Å². The molecular formula is C20H18N2O2. The average molecular weight is 318 g/mol. The summed E-state index contributed by atoms with van der Waals surface area (Å²) in [4.78, 5) is 15.7. The number of hydrogen-bond donors (Lipinski definition) is 1. The average Bonchev–Trinajstić information content (AvgIpc) is 3.04. The van der Waals surface area contributed by atoms with Crippen LogP contribution in [0.2, 0.25) is 0 Å². The molecule has 0 saturated carbocycles. The van der Waals surface area contributed by atoms with E-state index < -0.39 is 5.97 Å². The number of benzene rings is 2. The minimum atomic E-state index is -0.936. The molecule has 2 aromatic carbocycles. The van der Waals surface area contributed by atoms with Gasteiger partial charge in [0.25, 0.3) is 0 Å². The number of hydrogen-bond acceptors (Lipinski definition) is 2. The van der Waals surface area contributed by atoms with Crippen LogP contribution in [-0.4, -0.2) is 21.9 Å². The van der Waals surface area contributed by atoms with Gasteiger partial charge in [-0.05, 0) is 67.4 Å². The molecule has 1 N–H and O–H groups in total. The quantitative estimate of drug-likeness (QED) is 0.718. The first-order valence-electron chi connectivity index (χ1n) is 7.67. The Morgan fingerprint density at radius 2 is 1.88 bits per heavy atom. The van der Waals surface area contributed by atoms with Gasteiger partial charge in [-0.15, -0.1) is 0 Å². The van der Waals surface area contributed by atoms with Gasteiger partial charge in [-0.3, -0.25) is 4.99 Å². The predicted octanol–water partition coefficient (Wildman–Crippen LogP) is 4.54. The number of aromatic nitrogens is 1. The molecule has 0 fully saturated rings. The normalized spacial score (nSPS) is 11.1. The summed E-state index contributed by atoms with van der Waals surface area (Å²) >= 11 is 0. The van der Waals surface area contributed by atoms with Gasteiger partial charge in [-0.25, -0.2) is 4.79 Å². The topological polar surface area (TPSA) is 54.6 Å². The van der Waals surface area contributed by atoms with E-state index >= 15 is 0 Å². The van der Waals surface area contributed by atoms with Gasteiger partial charge in [-0.2, -0.15) is 0 Å². The third kappa shape index (κ3) is 3.27. The molecule has 0 saturated heterocycles. The first kappa shape index (κ1) is 15.7. The lowest BCUT2D eigenvalue weighted by molar-refractivity contribution is 0.0697. The van der Waals surface area contributed by atoms with Crippen LogP contribution in [-0.2, 0) is 0 Å². The van der Waals surface area contributed by atoms with Crippen LogP contribution in [0.15, 0.2) is 65.8 Å². The molecule has 3 aromatic rings. The third-order valence-electron chi connectivity index (χ3n) is 3.99. The number of aromatic carboxylic acids is 1. The fourth-order valence-corrected chi connectivity index (χ4v) is 2.47. The van der Waals surface area contributed by atoms with E-state index in [0.29, 0.717) is 0 Å². The Morgan fingerprint density at radius 3 is 2.62 bits per heavy atom. The van der Waals surface area contributed by atoms with Gasteiger partial charge in [0.1, 0.15) is 0 Å². The second-order valence-corrected chi connectivity index (χ2v) is 5.69. The molecule has 4 nitrogen and oxygen atoms in total. The summed E-state index contributed by atoms with van der Waals surface area (Å²) in [6.45, 7) is 4.14. The fourth-order valence-electron chi connectivity index (χ4n) is 2.47. The zero-order valence-electron chi connectivity index (χ0n) is 13.6. The first-order valence-corrected chi connectivity index (χ1v) is 7.67. The van der Waals surface area contributed by atoms with Gasteiger partial charge in [0.2, 0.25) is 0 Å². The van der Waals surface area contributed by atoms with Crippen molar-refractivity contribution in [2.75, 3.05) is 0 Å². The van der Waals surface area contributed by atoms with Crippen molar-refractivity contribution >= 4 is 17.9 Å². The highest BCUT2D eigenvalue weighted by Crippen LogP contribution is 2.18. The number of nitrogens with zero attached hydrogens (tertiary/aromatic N) is 2. The molecule has 1 heterocycles. The second-order valence-electron chi connectivity index (χ2n) is 5.69. The highest BCUT2D eigenvalue weighted by Gasteiger charge is 2.06. The van der Waals surface area contributed by atoms with E-state index in [1.165, 1.54) is 11.1 Å². The molecule has 0 unspecified atom stereocenters. The Labute approximate surface area is 140 Å². The van der Waals surface area contributed by atoms with E-state index in [4.69, 9.17) is 5.11 Å². The zero-order valence-corrected chi connectivity index (χ0v) is 13.6. The molecule has 0 atom stereocenters. The molecule has 4 heteroatoms. The molecule has 0 bridgehead atoms. The van der Waals surface area contributed by atoms with E-state index in [0.717, 1.165) is 17.1 Å². The molecule has 0 aliphatic heterocycles. The SMILES string of the molecule is Cc1ccc(N=Cc2cccn2-c2cccc(C(=O)O)c2)cc1C. The summed E-state index contributed by atoms with van der Waals surface area (Å²) in [6, 6.07) is 16.8. The number of carboxylic acids is 1. The summed E-state index contributed by atoms with van der Waals surface area (Å²) in [5.41, 5.74) is 5.28. The Kier molecular flexibility index (Phi) is 4.29. The lowest BCUT2D eigenvalue weighted by Gasteiger charge is -2.07. The molecule has 3 rings (SSSR count). The van der Waals surface area contributed by atoms with Gasteiger partial charge >= 0.3 is 5.97 Å². The standard InChI is InChI=1S/C20H18N2O2/c1-14-8-9-17(11-15(14)2)21-13-19-7-4-10-22(19)18-6-3-5-16(12-18)20(23)24/h3-13H,1-2H3,(H,23,24). The highest BCUT2D eigenvalue weighted by atomic mass is 16.4. The summed E-state index contributed by atoms with van der Waals surface area (Å²) in [5.74, 6) is -0.936. The summed E-state index contributed by atoms with van der Waals surface area (Å²) in [7, 11) is 0. The van der Waals surface area contributed by atoms with Crippen LogP contribution in [0.25, 0.3) is 5.69 Å². The van der Waals surface area contributed by atoms with Crippen molar-refractivity contribution in [2.45, 2.75) is 13.8 Å². The fraction of sp³-hybridized carbons (Fsp3) is 0.100. The minimum Gasteiger partial charge on any atom is -0.478 e. The number of aliphatic imine (C=N–C) groups is 1. The lowest BCUT2D eigenvalue weighted by atomic mass is 10.1. The molecule has 0 radical (unpaired) electrons. The monoisotopic (exact) mass is 318 g/mol. The number of rotatable bonds is 4. The molecule has 0 spiro atoms. The van der Waals surface area contributed by atoms with Crippen LogP contribution in [0.1, 0.15) is 27.2 Å². The van der Waals surface area contributed by atoms with Crippen LogP contribution < -0.4 is 0 Å². The van der Waals surface area contributed by atoms with Crippen molar-refractivity contribution in [1.29, 1.82) is 0 Å². The Bertz CT molecular complexity index is 923. The molecule has 24 heavy (non-hydrogen) atoms. The Morgan fingerprint density at radius 1 is 1.04 bits per heavy atom. The predicted molar refractivity (Wildman–Crippen MR) is 95.9 cm³/mol. The largest absolute Gasteiger partial charge is 0.478 e. The third-order valence-corrected chi connectivity index (χ3v) is 3.99. The van der Waals surface area contributed by atoms with Crippen LogP contribution >= 0.6 is 0 Å². The lowest BCUT2D eigenvalue weighted by Crippen LogP contribution is -2.01. The molecule has 120 valence electrons.